The lowest BCUT2D eigenvalue weighted by molar-refractivity contribution is 0.101. The largest absolute Gasteiger partial charge is 0.492 e. The first-order valence-corrected chi connectivity index (χ1v) is 10.8. The average molecular weight is 403 g/mol. The van der Waals surface area contributed by atoms with Crippen molar-refractivity contribution in [1.82, 2.24) is 9.21 Å². The Morgan fingerprint density at radius 1 is 0.964 bits per heavy atom. The van der Waals surface area contributed by atoms with E-state index >= 15 is 0 Å². The third-order valence-corrected chi connectivity index (χ3v) is 6.84. The molecule has 150 valence electrons. The van der Waals surface area contributed by atoms with Gasteiger partial charge < -0.3 is 4.74 Å². The van der Waals surface area contributed by atoms with E-state index in [4.69, 9.17) is 4.74 Å². The molecule has 2 aromatic carbocycles. The van der Waals surface area contributed by atoms with E-state index in [0.717, 1.165) is 12.3 Å². The van der Waals surface area contributed by atoms with Gasteiger partial charge in [0.05, 0.1) is 4.90 Å². The molecule has 0 amide bonds. The molecule has 3 rings (SSSR count). The van der Waals surface area contributed by atoms with Crippen LogP contribution in [0.1, 0.15) is 22.8 Å². The maximum atomic E-state index is 12.8. The molecule has 1 aliphatic rings. The third-order valence-electron chi connectivity index (χ3n) is 4.93. The number of ketones is 1. The summed E-state index contributed by atoms with van der Waals surface area (Å²) in [5.74, 6) is 0.770. The predicted molar refractivity (Wildman–Crippen MR) is 108 cm³/mol. The summed E-state index contributed by atoms with van der Waals surface area (Å²) in [7, 11) is -3.53. The van der Waals surface area contributed by atoms with Crippen molar-refractivity contribution in [2.24, 2.45) is 0 Å². The monoisotopic (exact) mass is 402 g/mol. The van der Waals surface area contributed by atoms with Crippen LogP contribution in [0.3, 0.4) is 0 Å². The lowest BCUT2D eigenvalue weighted by Gasteiger charge is -2.33. The van der Waals surface area contributed by atoms with Gasteiger partial charge in [0.15, 0.2) is 5.78 Å². The zero-order valence-corrected chi connectivity index (χ0v) is 17.1. The molecule has 2 aromatic rings. The minimum Gasteiger partial charge on any atom is -0.492 e. The summed E-state index contributed by atoms with van der Waals surface area (Å²) in [4.78, 5) is 13.8. The maximum Gasteiger partial charge on any atom is 0.243 e. The van der Waals surface area contributed by atoms with E-state index in [2.05, 4.69) is 4.90 Å². The van der Waals surface area contributed by atoms with Crippen LogP contribution >= 0.6 is 0 Å². The van der Waals surface area contributed by atoms with Crippen LogP contribution in [0.4, 0.5) is 0 Å². The molecular formula is C21H26N2O4S. The molecule has 1 heterocycles. The Morgan fingerprint density at radius 3 is 2.14 bits per heavy atom. The Kier molecular flexibility index (Phi) is 6.49. The molecule has 0 aliphatic carbocycles. The molecule has 1 saturated heterocycles. The lowest BCUT2D eigenvalue weighted by atomic mass is 10.2. The van der Waals surface area contributed by atoms with Gasteiger partial charge in [-0.3, -0.25) is 9.69 Å². The molecule has 0 N–H and O–H groups in total. The van der Waals surface area contributed by atoms with E-state index in [-0.39, 0.29) is 10.7 Å². The number of carbonyl (C=O) groups is 1. The van der Waals surface area contributed by atoms with E-state index in [1.165, 1.54) is 28.9 Å². The SMILES string of the molecule is CC(=O)c1ccc(S(=O)(=O)N2CCN(CCOc3ccc(C)cc3)CC2)cc1. The Hall–Kier alpha value is -2.22. The van der Waals surface area contributed by atoms with E-state index in [1.807, 2.05) is 31.2 Å². The standard InChI is InChI=1S/C21H26N2O4S/c1-17-3-7-20(8-4-17)27-16-15-22-11-13-23(14-12-22)28(25,26)21-9-5-19(6-10-21)18(2)24/h3-10H,11-16H2,1-2H3. The molecule has 0 saturated carbocycles. The molecular weight excluding hydrogens is 376 g/mol. The van der Waals surface area contributed by atoms with Crippen molar-refractivity contribution in [3.05, 3.63) is 59.7 Å². The van der Waals surface area contributed by atoms with Gasteiger partial charge in [0.2, 0.25) is 10.0 Å². The Morgan fingerprint density at radius 2 is 1.57 bits per heavy atom. The predicted octanol–water partition coefficient (Wildman–Crippen LogP) is 2.58. The Labute approximate surface area is 166 Å². The number of Topliss-reactive ketones (excluding diaryl/α,β-unsaturated/α-hetero) is 1. The van der Waals surface area contributed by atoms with Crippen molar-refractivity contribution in [1.29, 1.82) is 0 Å². The maximum absolute atomic E-state index is 12.8. The van der Waals surface area contributed by atoms with Gasteiger partial charge in [-0.25, -0.2) is 8.42 Å². The van der Waals surface area contributed by atoms with Crippen molar-refractivity contribution in [2.45, 2.75) is 18.7 Å². The summed E-state index contributed by atoms with van der Waals surface area (Å²) in [5, 5.41) is 0. The highest BCUT2D eigenvalue weighted by Crippen LogP contribution is 2.19. The quantitative estimate of drug-likeness (QED) is 0.666. The highest BCUT2D eigenvalue weighted by molar-refractivity contribution is 7.89. The van der Waals surface area contributed by atoms with Crippen LogP contribution in [0.5, 0.6) is 5.75 Å². The van der Waals surface area contributed by atoms with Gasteiger partial charge in [-0.1, -0.05) is 29.8 Å². The van der Waals surface area contributed by atoms with Crippen molar-refractivity contribution < 1.29 is 17.9 Å². The minimum absolute atomic E-state index is 0.0783. The van der Waals surface area contributed by atoms with Gasteiger partial charge in [0.1, 0.15) is 12.4 Å². The van der Waals surface area contributed by atoms with E-state index < -0.39 is 10.0 Å². The molecule has 6 nitrogen and oxygen atoms in total. The number of rotatable bonds is 7. The summed E-state index contributed by atoms with van der Waals surface area (Å²) in [6.45, 7) is 7.06. The summed E-state index contributed by atoms with van der Waals surface area (Å²) in [5.41, 5.74) is 1.71. The van der Waals surface area contributed by atoms with Crippen LogP contribution in [-0.4, -0.2) is 62.7 Å². The van der Waals surface area contributed by atoms with Gasteiger partial charge in [-0.15, -0.1) is 0 Å². The average Bonchev–Trinajstić information content (AvgIpc) is 2.70. The third kappa shape index (κ3) is 4.98. The first kappa shape index (κ1) is 20.5. The van der Waals surface area contributed by atoms with E-state index in [0.29, 0.717) is 38.3 Å². The van der Waals surface area contributed by atoms with Gasteiger partial charge in [0, 0.05) is 38.3 Å². The summed E-state index contributed by atoms with van der Waals surface area (Å²) < 4.78 is 32.9. The second-order valence-corrected chi connectivity index (χ2v) is 8.93. The van der Waals surface area contributed by atoms with Gasteiger partial charge in [0.25, 0.3) is 0 Å². The number of ether oxygens (including phenoxy) is 1. The fourth-order valence-corrected chi connectivity index (χ4v) is 4.55. The zero-order valence-electron chi connectivity index (χ0n) is 16.3. The summed E-state index contributed by atoms with van der Waals surface area (Å²) >= 11 is 0. The lowest BCUT2D eigenvalue weighted by Crippen LogP contribution is -2.49. The molecule has 28 heavy (non-hydrogen) atoms. The number of sulfonamides is 1. The number of hydrogen-bond donors (Lipinski definition) is 0. The van der Waals surface area contributed by atoms with Gasteiger partial charge in [-0.2, -0.15) is 4.31 Å². The van der Waals surface area contributed by atoms with Crippen molar-refractivity contribution in [2.75, 3.05) is 39.3 Å². The second-order valence-electron chi connectivity index (χ2n) is 6.99. The zero-order chi connectivity index (χ0) is 20.1. The normalized spacial score (nSPS) is 16.1. The fraction of sp³-hybridized carbons (Fsp3) is 0.381. The molecule has 0 spiro atoms. The first-order valence-electron chi connectivity index (χ1n) is 9.39. The molecule has 7 heteroatoms. The van der Waals surface area contributed by atoms with E-state index in [9.17, 15) is 13.2 Å². The van der Waals surface area contributed by atoms with E-state index in [1.54, 1.807) is 12.1 Å². The Bertz CT molecular complexity index is 900. The topological polar surface area (TPSA) is 66.9 Å². The van der Waals surface area contributed by atoms with Crippen LogP contribution in [0, 0.1) is 6.92 Å². The number of benzene rings is 2. The molecule has 0 atom stereocenters. The van der Waals surface area contributed by atoms with Crippen LogP contribution in [0.15, 0.2) is 53.4 Å². The number of carbonyl (C=O) groups excluding carboxylic acids is 1. The molecule has 1 aliphatic heterocycles. The van der Waals surface area contributed by atoms with Gasteiger partial charge in [-0.05, 0) is 38.1 Å². The second kappa shape index (κ2) is 8.86. The Balaban J connectivity index is 1.49. The first-order chi connectivity index (χ1) is 13.4. The van der Waals surface area contributed by atoms with Crippen molar-refractivity contribution >= 4 is 15.8 Å². The van der Waals surface area contributed by atoms with Crippen LogP contribution < -0.4 is 4.74 Å². The minimum atomic E-state index is -3.53. The van der Waals surface area contributed by atoms with Crippen LogP contribution in [-0.2, 0) is 10.0 Å². The smallest absolute Gasteiger partial charge is 0.243 e. The number of hydrogen-bond acceptors (Lipinski definition) is 5. The molecule has 0 radical (unpaired) electrons. The number of piperazine rings is 1. The molecule has 0 aromatic heterocycles. The van der Waals surface area contributed by atoms with Gasteiger partial charge >= 0.3 is 0 Å². The summed E-state index contributed by atoms with van der Waals surface area (Å²) in [6.07, 6.45) is 0. The van der Waals surface area contributed by atoms with Crippen LogP contribution in [0.2, 0.25) is 0 Å². The molecule has 0 bridgehead atoms. The summed E-state index contributed by atoms with van der Waals surface area (Å²) in [6, 6.07) is 14.1. The van der Waals surface area contributed by atoms with Crippen molar-refractivity contribution in [3.8, 4) is 5.75 Å². The molecule has 0 unspecified atom stereocenters. The number of nitrogens with zero attached hydrogens (tertiary/aromatic N) is 2. The highest BCUT2D eigenvalue weighted by atomic mass is 32.2. The van der Waals surface area contributed by atoms with Crippen molar-refractivity contribution in [3.63, 3.8) is 0 Å². The highest BCUT2D eigenvalue weighted by Gasteiger charge is 2.28. The number of aryl methyl sites for hydroxylation is 1. The van der Waals surface area contributed by atoms with Crippen LogP contribution in [0.25, 0.3) is 0 Å². The molecule has 1 fully saturated rings. The fourth-order valence-electron chi connectivity index (χ4n) is 3.13.